The number of carbonyl (C=O) groups is 1. The molecule has 5 nitrogen and oxygen atoms in total. The van der Waals surface area contributed by atoms with Gasteiger partial charge < -0.3 is 14.8 Å². The van der Waals surface area contributed by atoms with Gasteiger partial charge in [-0.05, 0) is 62.2 Å². The van der Waals surface area contributed by atoms with Crippen LogP contribution in [0.3, 0.4) is 0 Å². The van der Waals surface area contributed by atoms with Crippen molar-refractivity contribution in [2.24, 2.45) is 0 Å². The number of carbonyl (C=O) groups excluding carboxylic acids is 1. The summed E-state index contributed by atoms with van der Waals surface area (Å²) in [5.74, 6) is 0.384. The van der Waals surface area contributed by atoms with Crippen LogP contribution in [0, 0.1) is 6.92 Å². The summed E-state index contributed by atoms with van der Waals surface area (Å²) >= 11 is 6.25. The van der Waals surface area contributed by atoms with Crippen molar-refractivity contribution in [3.63, 3.8) is 0 Å². The van der Waals surface area contributed by atoms with Crippen molar-refractivity contribution in [2.45, 2.75) is 27.2 Å². The van der Waals surface area contributed by atoms with Crippen LogP contribution >= 0.6 is 11.6 Å². The molecular formula is C22H23ClN2O3. The molecule has 3 rings (SSSR count). The fourth-order valence-corrected chi connectivity index (χ4v) is 3.03. The molecule has 0 aliphatic rings. The van der Waals surface area contributed by atoms with Crippen LogP contribution in [-0.2, 0) is 4.74 Å². The number of nitrogens with one attached hydrogen (secondary N) is 1. The molecule has 0 unspecified atom stereocenters. The number of fused-ring (bicyclic) bond motifs is 1. The van der Waals surface area contributed by atoms with Crippen LogP contribution in [0.2, 0.25) is 5.02 Å². The normalized spacial score (nSPS) is 10.7. The summed E-state index contributed by atoms with van der Waals surface area (Å²) in [7, 11) is 0. The van der Waals surface area contributed by atoms with Crippen molar-refractivity contribution in [3.8, 4) is 5.75 Å². The summed E-state index contributed by atoms with van der Waals surface area (Å²) in [6.45, 7) is 6.72. The Morgan fingerprint density at radius 3 is 2.57 bits per heavy atom. The Balaban J connectivity index is 2.04. The van der Waals surface area contributed by atoms with Crippen LogP contribution in [0.25, 0.3) is 10.9 Å². The van der Waals surface area contributed by atoms with Gasteiger partial charge in [0.15, 0.2) is 0 Å². The molecule has 0 bridgehead atoms. The first-order valence-electron chi connectivity index (χ1n) is 9.30. The zero-order valence-electron chi connectivity index (χ0n) is 16.2. The minimum Gasteiger partial charge on any atom is -0.494 e. The molecule has 0 radical (unpaired) electrons. The van der Waals surface area contributed by atoms with Gasteiger partial charge in [0, 0.05) is 22.3 Å². The maximum absolute atomic E-state index is 12.5. The minimum atomic E-state index is -0.421. The standard InChI is InChI=1S/C22H23ClN2O3/c1-4-12-28-16-8-6-15(7-9-16)25-21-17-10-11-19(23)14(3)20(17)24-13-18(21)22(26)27-5-2/h6-11,13H,4-5,12H2,1-3H3,(H,24,25). The number of rotatable bonds is 7. The number of ether oxygens (including phenoxy) is 2. The molecule has 0 saturated carbocycles. The van der Waals surface area contributed by atoms with Crippen LogP contribution < -0.4 is 10.1 Å². The number of hydrogen-bond donors (Lipinski definition) is 1. The van der Waals surface area contributed by atoms with Gasteiger partial charge in [0.2, 0.25) is 0 Å². The minimum absolute atomic E-state index is 0.291. The summed E-state index contributed by atoms with van der Waals surface area (Å²) in [4.78, 5) is 16.9. The molecule has 0 amide bonds. The first-order valence-corrected chi connectivity index (χ1v) is 9.67. The zero-order valence-corrected chi connectivity index (χ0v) is 17.0. The SMILES string of the molecule is CCCOc1ccc(Nc2c(C(=O)OCC)cnc3c(C)c(Cl)ccc23)cc1. The predicted octanol–water partition coefficient (Wildman–Crippen LogP) is 5.91. The molecule has 0 atom stereocenters. The quantitative estimate of drug-likeness (QED) is 0.501. The molecule has 6 heteroatoms. The van der Waals surface area contributed by atoms with Crippen molar-refractivity contribution in [2.75, 3.05) is 18.5 Å². The number of nitrogens with zero attached hydrogens (tertiary/aromatic N) is 1. The number of hydrogen-bond acceptors (Lipinski definition) is 5. The Hall–Kier alpha value is -2.79. The number of aromatic nitrogens is 1. The third-order valence-corrected chi connectivity index (χ3v) is 4.73. The molecule has 0 aliphatic carbocycles. The maximum Gasteiger partial charge on any atom is 0.341 e. The number of aryl methyl sites for hydroxylation is 1. The van der Waals surface area contributed by atoms with E-state index < -0.39 is 5.97 Å². The zero-order chi connectivity index (χ0) is 20.1. The Kier molecular flexibility index (Phi) is 6.37. The van der Waals surface area contributed by atoms with Gasteiger partial charge in [-0.1, -0.05) is 18.5 Å². The molecule has 2 aromatic carbocycles. The molecule has 0 aliphatic heterocycles. The lowest BCUT2D eigenvalue weighted by Gasteiger charge is -2.16. The highest BCUT2D eigenvalue weighted by atomic mass is 35.5. The van der Waals surface area contributed by atoms with Crippen LogP contribution in [0.5, 0.6) is 5.75 Å². The fourth-order valence-electron chi connectivity index (χ4n) is 2.88. The van der Waals surface area contributed by atoms with Gasteiger partial charge in [-0.2, -0.15) is 0 Å². The number of halogens is 1. The smallest absolute Gasteiger partial charge is 0.341 e. The van der Waals surface area contributed by atoms with E-state index in [0.29, 0.717) is 29.5 Å². The van der Waals surface area contributed by atoms with E-state index >= 15 is 0 Å². The predicted molar refractivity (Wildman–Crippen MR) is 113 cm³/mol. The summed E-state index contributed by atoms with van der Waals surface area (Å²) < 4.78 is 10.8. The highest BCUT2D eigenvalue weighted by molar-refractivity contribution is 6.32. The summed E-state index contributed by atoms with van der Waals surface area (Å²) in [5, 5.41) is 4.78. The molecule has 28 heavy (non-hydrogen) atoms. The summed E-state index contributed by atoms with van der Waals surface area (Å²) in [6, 6.07) is 11.3. The van der Waals surface area contributed by atoms with Gasteiger partial charge in [0.05, 0.1) is 24.4 Å². The molecule has 0 saturated heterocycles. The van der Waals surface area contributed by atoms with Crippen molar-refractivity contribution in [3.05, 3.63) is 58.7 Å². The first kappa shape index (κ1) is 20.0. The lowest BCUT2D eigenvalue weighted by Crippen LogP contribution is -2.09. The Labute approximate surface area is 169 Å². The van der Waals surface area contributed by atoms with Gasteiger partial charge in [0.25, 0.3) is 0 Å². The molecule has 3 aromatic rings. The second kappa shape index (κ2) is 8.93. The van der Waals surface area contributed by atoms with E-state index in [1.807, 2.05) is 43.3 Å². The van der Waals surface area contributed by atoms with Gasteiger partial charge >= 0.3 is 5.97 Å². The second-order valence-electron chi connectivity index (χ2n) is 6.33. The van der Waals surface area contributed by atoms with Gasteiger partial charge in [-0.25, -0.2) is 4.79 Å². The second-order valence-corrected chi connectivity index (χ2v) is 6.74. The average molecular weight is 399 g/mol. The van der Waals surface area contributed by atoms with E-state index in [9.17, 15) is 4.79 Å². The van der Waals surface area contributed by atoms with Crippen LogP contribution in [-0.4, -0.2) is 24.2 Å². The van der Waals surface area contributed by atoms with Crippen LogP contribution in [0.15, 0.2) is 42.6 Å². The third-order valence-electron chi connectivity index (χ3n) is 4.32. The Morgan fingerprint density at radius 2 is 1.89 bits per heavy atom. The van der Waals surface area contributed by atoms with Crippen molar-refractivity contribution < 1.29 is 14.3 Å². The fraction of sp³-hybridized carbons (Fsp3) is 0.273. The molecule has 1 heterocycles. The Bertz CT molecular complexity index is 987. The van der Waals surface area contributed by atoms with Gasteiger partial charge in [-0.15, -0.1) is 0 Å². The van der Waals surface area contributed by atoms with Gasteiger partial charge in [-0.3, -0.25) is 4.98 Å². The topological polar surface area (TPSA) is 60.5 Å². The molecule has 0 spiro atoms. The number of anilines is 2. The number of esters is 1. The van der Waals surface area contributed by atoms with E-state index in [1.54, 1.807) is 6.92 Å². The van der Waals surface area contributed by atoms with E-state index in [1.165, 1.54) is 6.20 Å². The lowest BCUT2D eigenvalue weighted by atomic mass is 10.1. The third kappa shape index (κ3) is 4.20. The maximum atomic E-state index is 12.5. The Morgan fingerprint density at radius 1 is 1.14 bits per heavy atom. The largest absolute Gasteiger partial charge is 0.494 e. The molecule has 0 fully saturated rings. The number of benzene rings is 2. The summed E-state index contributed by atoms with van der Waals surface area (Å²) in [6.07, 6.45) is 2.48. The van der Waals surface area contributed by atoms with E-state index in [0.717, 1.165) is 34.3 Å². The first-order chi connectivity index (χ1) is 13.5. The highest BCUT2D eigenvalue weighted by Gasteiger charge is 2.18. The van der Waals surface area contributed by atoms with Gasteiger partial charge in [0.1, 0.15) is 11.3 Å². The van der Waals surface area contributed by atoms with Crippen LogP contribution in [0.4, 0.5) is 11.4 Å². The van der Waals surface area contributed by atoms with E-state index in [2.05, 4.69) is 17.2 Å². The van der Waals surface area contributed by atoms with E-state index in [-0.39, 0.29) is 0 Å². The highest BCUT2D eigenvalue weighted by Crippen LogP contribution is 2.34. The van der Waals surface area contributed by atoms with Crippen LogP contribution in [0.1, 0.15) is 36.2 Å². The molecule has 146 valence electrons. The number of pyridine rings is 1. The lowest BCUT2D eigenvalue weighted by molar-refractivity contribution is 0.0527. The monoisotopic (exact) mass is 398 g/mol. The molecular weight excluding hydrogens is 376 g/mol. The van der Waals surface area contributed by atoms with E-state index in [4.69, 9.17) is 21.1 Å². The van der Waals surface area contributed by atoms with Crippen molar-refractivity contribution >= 4 is 39.8 Å². The molecule has 1 aromatic heterocycles. The molecule has 1 N–H and O–H groups in total. The van der Waals surface area contributed by atoms with Crippen molar-refractivity contribution in [1.82, 2.24) is 4.98 Å². The average Bonchev–Trinajstić information content (AvgIpc) is 2.70. The van der Waals surface area contributed by atoms with Crippen molar-refractivity contribution in [1.29, 1.82) is 0 Å². The summed E-state index contributed by atoms with van der Waals surface area (Å²) in [5.41, 5.74) is 3.45.